The molecule has 0 aromatic heterocycles. The zero-order valence-electron chi connectivity index (χ0n) is 21.1. The molecule has 7 heteroatoms. The van der Waals surface area contributed by atoms with Gasteiger partial charge in [-0.15, -0.1) is 0 Å². The van der Waals surface area contributed by atoms with Gasteiger partial charge in [-0.3, -0.25) is 14.4 Å². The molecule has 3 amide bonds. The maximum Gasteiger partial charge on any atom is 0.253 e. The second kappa shape index (κ2) is 10.3. The molecule has 2 N–H and O–H groups in total. The molecule has 36 heavy (non-hydrogen) atoms. The summed E-state index contributed by atoms with van der Waals surface area (Å²) in [7, 11) is 0. The van der Waals surface area contributed by atoms with Crippen LogP contribution in [0.25, 0.3) is 0 Å². The number of benzene rings is 2. The summed E-state index contributed by atoms with van der Waals surface area (Å²) in [5.41, 5.74) is 2.93. The van der Waals surface area contributed by atoms with E-state index in [4.69, 9.17) is 4.74 Å². The topological polar surface area (TPSA) is 87.7 Å². The number of ether oxygens (including phenoxy) is 1. The van der Waals surface area contributed by atoms with E-state index in [0.29, 0.717) is 30.0 Å². The number of likely N-dealkylation sites (tertiary alicyclic amines) is 1. The Morgan fingerprint density at radius 1 is 1.00 bits per heavy atom. The maximum absolute atomic E-state index is 13.1. The van der Waals surface area contributed by atoms with Crippen LogP contribution in [0.5, 0.6) is 5.75 Å². The van der Waals surface area contributed by atoms with Crippen molar-refractivity contribution >= 4 is 23.4 Å². The summed E-state index contributed by atoms with van der Waals surface area (Å²) in [5, 5.41) is 6.14. The summed E-state index contributed by atoms with van der Waals surface area (Å²) in [5.74, 6) is 0.439. The molecule has 2 heterocycles. The minimum atomic E-state index is -0.292. The third-order valence-electron chi connectivity index (χ3n) is 7.63. The number of carbonyl (C=O) groups excluding carboxylic acids is 3. The van der Waals surface area contributed by atoms with Crippen LogP contribution in [-0.2, 0) is 4.79 Å². The average Bonchev–Trinajstić information content (AvgIpc) is 3.49. The molecule has 5 rings (SSSR count). The first-order chi connectivity index (χ1) is 17.4. The lowest BCUT2D eigenvalue weighted by Crippen LogP contribution is -2.40. The van der Waals surface area contributed by atoms with Crippen LogP contribution in [0.1, 0.15) is 84.6 Å². The highest BCUT2D eigenvalue weighted by Gasteiger charge is 2.39. The number of nitrogens with one attached hydrogen (secondary N) is 2. The summed E-state index contributed by atoms with van der Waals surface area (Å²) in [6.07, 6.45) is 5.91. The number of hydrogen-bond donors (Lipinski definition) is 2. The first-order valence-electron chi connectivity index (χ1n) is 13.2. The number of rotatable bonds is 6. The third-order valence-corrected chi connectivity index (χ3v) is 7.63. The van der Waals surface area contributed by atoms with Crippen molar-refractivity contribution in [2.45, 2.75) is 70.4 Å². The van der Waals surface area contributed by atoms with E-state index in [-0.39, 0.29) is 41.7 Å². The van der Waals surface area contributed by atoms with Gasteiger partial charge in [0.05, 0.1) is 12.0 Å². The highest BCUT2D eigenvalue weighted by atomic mass is 16.5. The predicted molar refractivity (Wildman–Crippen MR) is 138 cm³/mol. The monoisotopic (exact) mass is 489 g/mol. The lowest BCUT2D eigenvalue weighted by atomic mass is 9.80. The Hall–Kier alpha value is -3.35. The van der Waals surface area contributed by atoms with Crippen molar-refractivity contribution in [2.24, 2.45) is 5.92 Å². The Kier molecular flexibility index (Phi) is 6.99. The summed E-state index contributed by atoms with van der Waals surface area (Å²) in [4.78, 5) is 40.8. The van der Waals surface area contributed by atoms with E-state index < -0.39 is 0 Å². The number of hydrogen-bond acceptors (Lipinski definition) is 4. The summed E-state index contributed by atoms with van der Waals surface area (Å²) >= 11 is 0. The number of fused-ring (bicyclic) bond motifs is 1. The van der Waals surface area contributed by atoms with Gasteiger partial charge in [0.1, 0.15) is 5.75 Å². The normalized spacial score (nSPS) is 20.4. The van der Waals surface area contributed by atoms with Gasteiger partial charge in [-0.2, -0.15) is 0 Å². The number of amides is 3. The highest BCUT2D eigenvalue weighted by Crippen LogP contribution is 2.42. The summed E-state index contributed by atoms with van der Waals surface area (Å²) in [6.45, 7) is 5.11. The quantitative estimate of drug-likeness (QED) is 0.614. The van der Waals surface area contributed by atoms with Gasteiger partial charge in [-0.25, -0.2) is 0 Å². The number of piperidine rings is 1. The SMILES string of the molecule is CC(C)Oc1cccc(C(=O)N2CCC(C3C(=O)Nc4ccc(C(=O)NC5CCCC5)cc43)CC2)c1. The van der Waals surface area contributed by atoms with Crippen molar-refractivity contribution < 1.29 is 19.1 Å². The van der Waals surface area contributed by atoms with E-state index in [1.165, 1.54) is 0 Å². The van der Waals surface area contributed by atoms with Crippen molar-refractivity contribution in [3.63, 3.8) is 0 Å². The average molecular weight is 490 g/mol. The van der Waals surface area contributed by atoms with Gasteiger partial charge in [-0.05, 0) is 87.4 Å². The second-order valence-corrected chi connectivity index (χ2v) is 10.5. The zero-order chi connectivity index (χ0) is 25.2. The molecule has 2 fully saturated rings. The molecule has 1 unspecified atom stereocenters. The van der Waals surface area contributed by atoms with Gasteiger partial charge in [0.2, 0.25) is 5.91 Å². The molecule has 1 saturated carbocycles. The molecule has 7 nitrogen and oxygen atoms in total. The van der Waals surface area contributed by atoms with Gasteiger partial charge in [-0.1, -0.05) is 18.9 Å². The zero-order valence-corrected chi connectivity index (χ0v) is 21.1. The predicted octanol–water partition coefficient (Wildman–Crippen LogP) is 4.73. The van der Waals surface area contributed by atoms with Crippen LogP contribution in [0, 0.1) is 5.92 Å². The van der Waals surface area contributed by atoms with E-state index in [0.717, 1.165) is 49.8 Å². The van der Waals surface area contributed by atoms with E-state index in [9.17, 15) is 14.4 Å². The lowest BCUT2D eigenvalue weighted by molar-refractivity contribution is -0.118. The first-order valence-corrected chi connectivity index (χ1v) is 13.2. The minimum absolute atomic E-state index is 0.00944. The van der Waals surface area contributed by atoms with Gasteiger partial charge in [0.15, 0.2) is 0 Å². The van der Waals surface area contributed by atoms with E-state index >= 15 is 0 Å². The number of nitrogens with zero attached hydrogens (tertiary/aromatic N) is 1. The highest BCUT2D eigenvalue weighted by molar-refractivity contribution is 6.05. The smallest absolute Gasteiger partial charge is 0.253 e. The second-order valence-electron chi connectivity index (χ2n) is 10.5. The maximum atomic E-state index is 13.1. The molecule has 1 saturated heterocycles. The fourth-order valence-electron chi connectivity index (χ4n) is 5.83. The van der Waals surface area contributed by atoms with E-state index in [1.807, 2.05) is 49.1 Å². The molecular weight excluding hydrogens is 454 g/mol. The number of carbonyl (C=O) groups is 3. The Bertz CT molecular complexity index is 1150. The van der Waals surface area contributed by atoms with Gasteiger partial charge in [0, 0.05) is 35.9 Å². The molecule has 2 aromatic carbocycles. The van der Waals surface area contributed by atoms with Crippen molar-refractivity contribution in [1.82, 2.24) is 10.2 Å². The van der Waals surface area contributed by atoms with Gasteiger partial charge in [0.25, 0.3) is 11.8 Å². The van der Waals surface area contributed by atoms with Crippen LogP contribution in [0.15, 0.2) is 42.5 Å². The minimum Gasteiger partial charge on any atom is -0.491 e. The molecule has 0 bridgehead atoms. The summed E-state index contributed by atoms with van der Waals surface area (Å²) < 4.78 is 5.74. The Morgan fingerprint density at radius 2 is 1.75 bits per heavy atom. The van der Waals surface area contributed by atoms with E-state index in [2.05, 4.69) is 10.6 Å². The fourth-order valence-corrected chi connectivity index (χ4v) is 5.83. The van der Waals surface area contributed by atoms with Gasteiger partial charge < -0.3 is 20.3 Å². The van der Waals surface area contributed by atoms with Gasteiger partial charge >= 0.3 is 0 Å². The molecule has 1 aliphatic carbocycles. The Morgan fingerprint density at radius 3 is 2.47 bits per heavy atom. The Balaban J connectivity index is 1.25. The molecule has 190 valence electrons. The van der Waals surface area contributed by atoms with Crippen molar-refractivity contribution in [2.75, 3.05) is 18.4 Å². The van der Waals surface area contributed by atoms with Crippen LogP contribution in [0.4, 0.5) is 5.69 Å². The molecule has 3 aliphatic rings. The van der Waals surface area contributed by atoms with Crippen LogP contribution in [0.2, 0.25) is 0 Å². The molecule has 0 radical (unpaired) electrons. The Labute approximate surface area is 212 Å². The largest absolute Gasteiger partial charge is 0.491 e. The molecule has 1 atom stereocenters. The molecule has 0 spiro atoms. The van der Waals surface area contributed by atoms with Crippen molar-refractivity contribution in [1.29, 1.82) is 0 Å². The molecule has 2 aromatic rings. The first kappa shape index (κ1) is 24.3. The fraction of sp³-hybridized carbons (Fsp3) is 0.483. The van der Waals surface area contributed by atoms with Crippen LogP contribution in [0.3, 0.4) is 0 Å². The van der Waals surface area contributed by atoms with Crippen LogP contribution < -0.4 is 15.4 Å². The van der Waals surface area contributed by atoms with Crippen LogP contribution >= 0.6 is 0 Å². The standard InChI is InChI=1S/C29H35N3O4/c1-18(2)36-23-9-5-6-21(16-23)29(35)32-14-12-19(13-15-32)26-24-17-20(10-11-25(24)31-28(26)34)27(33)30-22-7-3-4-8-22/h5-6,9-11,16-19,22,26H,3-4,7-8,12-15H2,1-2H3,(H,30,33)(H,31,34). The lowest BCUT2D eigenvalue weighted by Gasteiger charge is -2.34. The van der Waals surface area contributed by atoms with E-state index in [1.54, 1.807) is 12.1 Å². The van der Waals surface area contributed by atoms with Crippen molar-refractivity contribution in [3.8, 4) is 5.75 Å². The summed E-state index contributed by atoms with van der Waals surface area (Å²) in [6, 6.07) is 13.1. The molecular formula is C29H35N3O4. The third kappa shape index (κ3) is 5.11. The molecule has 2 aliphatic heterocycles. The van der Waals surface area contributed by atoms with Crippen LogP contribution in [-0.4, -0.2) is 47.9 Å². The number of anilines is 1. The van der Waals surface area contributed by atoms with Crippen molar-refractivity contribution in [3.05, 3.63) is 59.2 Å².